The Bertz CT molecular complexity index is 2880. The van der Waals surface area contributed by atoms with Gasteiger partial charge in [0.05, 0.1) is 5.52 Å². The van der Waals surface area contributed by atoms with E-state index in [-0.39, 0.29) is 0 Å². The molecule has 0 N–H and O–H groups in total. The molecule has 0 aliphatic heterocycles. The molecule has 5 nitrogen and oxygen atoms in total. The van der Waals surface area contributed by atoms with Gasteiger partial charge in [0.25, 0.3) is 0 Å². The summed E-state index contributed by atoms with van der Waals surface area (Å²) in [5, 5.41) is 7.96. The van der Waals surface area contributed by atoms with Gasteiger partial charge in [-0.25, -0.2) is 15.0 Å². The molecule has 0 spiro atoms. The largest absolute Gasteiger partial charge is 0.456 e. The summed E-state index contributed by atoms with van der Waals surface area (Å²) in [6, 6.07) is 52.0. The van der Waals surface area contributed by atoms with Crippen molar-refractivity contribution in [2.75, 3.05) is 0 Å². The van der Waals surface area contributed by atoms with Crippen molar-refractivity contribution in [2.24, 2.45) is 0 Å². The molecule has 228 valence electrons. The Morgan fingerprint density at radius 2 is 1.02 bits per heavy atom. The summed E-state index contributed by atoms with van der Waals surface area (Å²) < 4.78 is 6.15. The van der Waals surface area contributed by atoms with Crippen LogP contribution in [0.1, 0.15) is 0 Å². The molecule has 0 saturated heterocycles. The van der Waals surface area contributed by atoms with E-state index in [0.717, 1.165) is 71.4 Å². The number of furan rings is 1. The van der Waals surface area contributed by atoms with E-state index in [1.54, 1.807) is 0 Å². The number of pyridine rings is 1. The van der Waals surface area contributed by atoms with Crippen LogP contribution < -0.4 is 0 Å². The quantitative estimate of drug-likeness (QED) is 0.182. The molecule has 7 aromatic carbocycles. The topological polar surface area (TPSA) is 64.7 Å². The molecule has 0 saturated carbocycles. The third-order valence-corrected chi connectivity index (χ3v) is 9.35. The van der Waals surface area contributed by atoms with Crippen LogP contribution in [0.4, 0.5) is 0 Å². The summed E-state index contributed by atoms with van der Waals surface area (Å²) in [4.78, 5) is 19.8. The van der Waals surface area contributed by atoms with Crippen molar-refractivity contribution in [1.29, 1.82) is 0 Å². The van der Waals surface area contributed by atoms with Crippen molar-refractivity contribution in [3.8, 4) is 45.3 Å². The van der Waals surface area contributed by atoms with Gasteiger partial charge in [-0.1, -0.05) is 127 Å². The second kappa shape index (κ2) is 10.9. The fraction of sp³-hybridized carbons (Fsp3) is 0. The van der Waals surface area contributed by atoms with E-state index in [0.29, 0.717) is 17.5 Å². The lowest BCUT2D eigenvalue weighted by Crippen LogP contribution is -2.00. The Hall–Kier alpha value is -6.72. The van der Waals surface area contributed by atoms with Crippen molar-refractivity contribution in [3.63, 3.8) is 0 Å². The van der Waals surface area contributed by atoms with Crippen LogP contribution in [0.2, 0.25) is 0 Å². The molecule has 3 aromatic heterocycles. The summed E-state index contributed by atoms with van der Waals surface area (Å²) >= 11 is 0. The minimum Gasteiger partial charge on any atom is -0.456 e. The first-order valence-electron chi connectivity index (χ1n) is 16.3. The maximum atomic E-state index is 6.15. The molecule has 5 heteroatoms. The molecule has 0 radical (unpaired) electrons. The lowest BCUT2D eigenvalue weighted by atomic mass is 9.98. The van der Waals surface area contributed by atoms with E-state index in [4.69, 9.17) is 24.4 Å². The van der Waals surface area contributed by atoms with E-state index < -0.39 is 0 Å². The number of hydrogen-bond donors (Lipinski definition) is 0. The normalized spacial score (nSPS) is 11.7. The molecular weight excluding hydrogens is 601 g/mol. The summed E-state index contributed by atoms with van der Waals surface area (Å²) in [6.07, 6.45) is 1.94. The highest BCUT2D eigenvalue weighted by Crippen LogP contribution is 2.38. The van der Waals surface area contributed by atoms with E-state index in [2.05, 4.69) is 97.1 Å². The number of benzene rings is 7. The first kappa shape index (κ1) is 27.4. The van der Waals surface area contributed by atoms with Gasteiger partial charge in [0, 0.05) is 44.4 Å². The van der Waals surface area contributed by atoms with Crippen LogP contribution in [-0.2, 0) is 0 Å². The molecule has 3 heterocycles. The predicted molar refractivity (Wildman–Crippen MR) is 199 cm³/mol. The lowest BCUT2D eigenvalue weighted by molar-refractivity contribution is 0.669. The van der Waals surface area contributed by atoms with Gasteiger partial charge in [-0.15, -0.1) is 0 Å². The fourth-order valence-corrected chi connectivity index (χ4v) is 6.99. The Balaban J connectivity index is 1.10. The van der Waals surface area contributed by atoms with Crippen molar-refractivity contribution in [3.05, 3.63) is 158 Å². The van der Waals surface area contributed by atoms with Crippen LogP contribution in [0.15, 0.2) is 162 Å². The van der Waals surface area contributed by atoms with Gasteiger partial charge < -0.3 is 4.42 Å². The number of hydrogen-bond acceptors (Lipinski definition) is 5. The maximum absolute atomic E-state index is 6.15. The first-order valence-corrected chi connectivity index (χ1v) is 16.3. The predicted octanol–water partition coefficient (Wildman–Crippen LogP) is 11.3. The monoisotopic (exact) mass is 626 g/mol. The molecule has 0 aliphatic carbocycles. The number of aromatic nitrogens is 4. The minimum atomic E-state index is 0.613. The highest BCUT2D eigenvalue weighted by atomic mass is 16.3. The Morgan fingerprint density at radius 1 is 0.388 bits per heavy atom. The summed E-state index contributed by atoms with van der Waals surface area (Å²) in [5.74, 6) is 1.86. The zero-order chi connectivity index (χ0) is 32.3. The molecule has 0 fully saturated rings. The smallest absolute Gasteiger partial charge is 0.164 e. The van der Waals surface area contributed by atoms with Gasteiger partial charge in [-0.3, -0.25) is 4.98 Å². The second-order valence-corrected chi connectivity index (χ2v) is 12.3. The zero-order valence-electron chi connectivity index (χ0n) is 26.2. The van der Waals surface area contributed by atoms with Gasteiger partial charge in [-0.2, -0.15) is 0 Å². The lowest BCUT2D eigenvalue weighted by Gasteiger charge is -2.11. The Labute approximate surface area is 281 Å². The van der Waals surface area contributed by atoms with Crippen molar-refractivity contribution < 1.29 is 4.42 Å². The van der Waals surface area contributed by atoms with Gasteiger partial charge in [0.1, 0.15) is 11.2 Å². The maximum Gasteiger partial charge on any atom is 0.164 e. The molecular formula is C44H26N4O. The minimum absolute atomic E-state index is 0.613. The zero-order valence-corrected chi connectivity index (χ0v) is 26.2. The summed E-state index contributed by atoms with van der Waals surface area (Å²) in [7, 11) is 0. The first-order chi connectivity index (χ1) is 24.3. The van der Waals surface area contributed by atoms with Gasteiger partial charge in [0.2, 0.25) is 0 Å². The average molecular weight is 627 g/mol. The molecule has 10 rings (SSSR count). The molecule has 0 amide bonds. The summed E-state index contributed by atoms with van der Waals surface area (Å²) in [6.45, 7) is 0. The van der Waals surface area contributed by atoms with E-state index >= 15 is 0 Å². The molecule has 10 aromatic rings. The fourth-order valence-electron chi connectivity index (χ4n) is 6.99. The highest BCUT2D eigenvalue weighted by molar-refractivity contribution is 6.19. The third-order valence-electron chi connectivity index (χ3n) is 9.35. The van der Waals surface area contributed by atoms with Crippen LogP contribution in [0.5, 0.6) is 0 Å². The standard InChI is InChI=1S/C44H26N4O/c1-2-10-29(11-3-1)42-46-43(30-19-17-28(18-20-30)34-14-8-16-39-41(34)36-13-6-7-15-38(36)49-39)48-44(47-42)31-21-23-35-32(25-31)26-45-37-24-22-27-9-4-5-12-33(27)40(35)37/h1-26H. The molecule has 0 atom stereocenters. The number of para-hydroxylation sites is 1. The van der Waals surface area contributed by atoms with Gasteiger partial charge in [0.15, 0.2) is 17.5 Å². The van der Waals surface area contributed by atoms with Crippen molar-refractivity contribution in [2.45, 2.75) is 0 Å². The van der Waals surface area contributed by atoms with E-state index in [9.17, 15) is 0 Å². The number of fused-ring (bicyclic) bond motifs is 8. The van der Waals surface area contributed by atoms with Crippen LogP contribution >= 0.6 is 0 Å². The van der Waals surface area contributed by atoms with E-state index in [1.807, 2.05) is 60.8 Å². The van der Waals surface area contributed by atoms with Crippen LogP contribution in [0, 0.1) is 0 Å². The van der Waals surface area contributed by atoms with E-state index in [1.165, 1.54) is 10.8 Å². The molecule has 0 bridgehead atoms. The molecule has 49 heavy (non-hydrogen) atoms. The molecule has 0 aliphatic rings. The molecule has 0 unspecified atom stereocenters. The van der Waals surface area contributed by atoms with Gasteiger partial charge >= 0.3 is 0 Å². The van der Waals surface area contributed by atoms with Crippen molar-refractivity contribution in [1.82, 2.24) is 19.9 Å². The summed E-state index contributed by atoms with van der Waals surface area (Å²) in [5.41, 5.74) is 7.72. The van der Waals surface area contributed by atoms with Crippen LogP contribution in [0.25, 0.3) is 99.7 Å². The van der Waals surface area contributed by atoms with Crippen molar-refractivity contribution >= 4 is 54.4 Å². The second-order valence-electron chi connectivity index (χ2n) is 12.3. The van der Waals surface area contributed by atoms with Gasteiger partial charge in [-0.05, 0) is 51.6 Å². The third kappa shape index (κ3) is 4.55. The Kier molecular flexibility index (Phi) is 6.11. The Morgan fingerprint density at radius 3 is 1.86 bits per heavy atom. The average Bonchev–Trinajstić information content (AvgIpc) is 3.57. The van der Waals surface area contributed by atoms with Crippen LogP contribution in [0.3, 0.4) is 0 Å². The van der Waals surface area contributed by atoms with Crippen LogP contribution in [-0.4, -0.2) is 19.9 Å². The number of nitrogens with zero attached hydrogens (tertiary/aromatic N) is 4. The highest BCUT2D eigenvalue weighted by Gasteiger charge is 2.16. The number of rotatable bonds is 4. The SMILES string of the molecule is c1ccc(-c2nc(-c3ccc(-c4cccc5oc6ccccc6c45)cc3)nc(-c3ccc4c(cnc5ccc6ccccc6c54)c3)n2)cc1.